The Balaban J connectivity index is 4.25. The zero-order chi connectivity index (χ0) is 8.41. The largest absolute Gasteiger partial charge is 0.394 e. The van der Waals surface area contributed by atoms with Gasteiger partial charge in [0.05, 0.1) is 0 Å². The molecule has 0 fully saturated rings. The molecule has 0 spiro atoms. The van der Waals surface area contributed by atoms with E-state index in [2.05, 4.69) is 0 Å². The highest BCUT2D eigenvalue weighted by molar-refractivity contribution is 7.53. The van der Waals surface area contributed by atoms with Crippen molar-refractivity contribution in [3.63, 3.8) is 0 Å². The highest BCUT2D eigenvalue weighted by Gasteiger charge is 2.47. The van der Waals surface area contributed by atoms with Crippen molar-refractivity contribution in [3.8, 4) is 0 Å². The van der Waals surface area contributed by atoms with Crippen molar-refractivity contribution < 1.29 is 23.1 Å². The van der Waals surface area contributed by atoms with Crippen LogP contribution in [0.15, 0.2) is 0 Å². The maximum atomic E-state index is 12.2. The van der Waals surface area contributed by atoms with Crippen LogP contribution in [0.5, 0.6) is 0 Å². The lowest BCUT2D eigenvalue weighted by molar-refractivity contribution is 0.0496. The Morgan fingerprint density at radius 1 is 1.50 bits per heavy atom. The van der Waals surface area contributed by atoms with E-state index in [1.54, 1.807) is 0 Å². The molecule has 62 valence electrons. The number of hydrogen-bond donors (Lipinski definition) is 2. The first-order valence-electron chi connectivity index (χ1n) is 2.74. The van der Waals surface area contributed by atoms with E-state index in [-0.39, 0.29) is 6.42 Å². The summed E-state index contributed by atoms with van der Waals surface area (Å²) in [5, 5.41) is 0. The maximum absolute atomic E-state index is 12.2. The smallest absolute Gasteiger partial charge is 0.320 e. The zero-order valence-electron chi connectivity index (χ0n) is 5.42. The normalized spacial score (nSPS) is 13.7. The van der Waals surface area contributed by atoms with Crippen LogP contribution in [0.25, 0.3) is 0 Å². The lowest BCUT2D eigenvalue weighted by Crippen LogP contribution is -2.15. The van der Waals surface area contributed by atoms with Crippen LogP contribution in [0.4, 0.5) is 8.78 Å². The lowest BCUT2D eigenvalue weighted by Gasteiger charge is -2.15. The fourth-order valence-electron chi connectivity index (χ4n) is 0.446. The van der Waals surface area contributed by atoms with Crippen LogP contribution in [0.3, 0.4) is 0 Å². The summed E-state index contributed by atoms with van der Waals surface area (Å²) < 4.78 is 34.3. The summed E-state index contributed by atoms with van der Waals surface area (Å²) in [5.41, 5.74) is -3.85. The molecule has 6 heteroatoms. The summed E-state index contributed by atoms with van der Waals surface area (Å²) in [4.78, 5) is 16.1. The topological polar surface area (TPSA) is 57.5 Å². The average Bonchev–Trinajstić information content (AvgIpc) is 1.61. The third-order valence-corrected chi connectivity index (χ3v) is 2.05. The Labute approximate surface area is 57.2 Å². The van der Waals surface area contributed by atoms with Crippen LogP contribution in [0.2, 0.25) is 0 Å². The molecule has 3 nitrogen and oxygen atoms in total. The molecule has 0 heterocycles. The minimum atomic E-state index is -5.22. The molecule has 0 radical (unpaired) electrons. The van der Waals surface area contributed by atoms with Crippen molar-refractivity contribution in [2.45, 2.75) is 25.4 Å². The Kier molecular flexibility index (Phi) is 2.95. The summed E-state index contributed by atoms with van der Waals surface area (Å²) in [6.45, 7) is 1.43. The molecule has 0 aliphatic rings. The fraction of sp³-hybridized carbons (Fsp3) is 1.00. The monoisotopic (exact) mass is 174 g/mol. The van der Waals surface area contributed by atoms with Gasteiger partial charge in [0.1, 0.15) is 0 Å². The number of alkyl halides is 2. The molecule has 0 amide bonds. The van der Waals surface area contributed by atoms with Gasteiger partial charge in [0.2, 0.25) is 0 Å². The van der Waals surface area contributed by atoms with E-state index in [0.717, 1.165) is 0 Å². The molecule has 0 saturated carbocycles. The van der Waals surface area contributed by atoms with Gasteiger partial charge in [-0.1, -0.05) is 6.92 Å². The van der Waals surface area contributed by atoms with Gasteiger partial charge in [0, 0.05) is 6.42 Å². The SMILES string of the molecule is CCCC(F)(F)P(=O)(O)O. The minimum Gasteiger partial charge on any atom is -0.320 e. The predicted octanol–water partition coefficient (Wildman–Crippen LogP) is 1.56. The minimum absolute atomic E-state index is 0.0537. The van der Waals surface area contributed by atoms with Gasteiger partial charge in [0.15, 0.2) is 0 Å². The van der Waals surface area contributed by atoms with Crippen LogP contribution >= 0.6 is 7.60 Å². The van der Waals surface area contributed by atoms with Crippen molar-refractivity contribution in [2.75, 3.05) is 0 Å². The van der Waals surface area contributed by atoms with Crippen molar-refractivity contribution in [3.05, 3.63) is 0 Å². The molecule has 10 heavy (non-hydrogen) atoms. The summed E-state index contributed by atoms with van der Waals surface area (Å²) in [6.07, 6.45) is -0.713. The summed E-state index contributed by atoms with van der Waals surface area (Å²) in [7, 11) is -5.22. The van der Waals surface area contributed by atoms with Crippen LogP contribution in [-0.2, 0) is 4.57 Å². The van der Waals surface area contributed by atoms with Crippen LogP contribution in [-0.4, -0.2) is 15.5 Å². The molecular weight excluding hydrogens is 165 g/mol. The van der Waals surface area contributed by atoms with Crippen LogP contribution in [0.1, 0.15) is 19.8 Å². The Hall–Kier alpha value is 0.01000. The van der Waals surface area contributed by atoms with Crippen molar-refractivity contribution in [2.24, 2.45) is 0 Å². The van der Waals surface area contributed by atoms with Crippen molar-refractivity contribution >= 4 is 7.60 Å². The molecule has 0 aliphatic carbocycles. The average molecular weight is 174 g/mol. The van der Waals surface area contributed by atoms with Gasteiger partial charge in [-0.15, -0.1) is 0 Å². The Morgan fingerprint density at radius 2 is 1.90 bits per heavy atom. The molecule has 0 saturated heterocycles. The first-order valence-corrected chi connectivity index (χ1v) is 4.36. The third kappa shape index (κ3) is 2.33. The summed E-state index contributed by atoms with van der Waals surface area (Å²) in [5.74, 6) is 0. The predicted molar refractivity (Wildman–Crippen MR) is 31.9 cm³/mol. The van der Waals surface area contributed by atoms with E-state index in [4.69, 9.17) is 9.79 Å². The van der Waals surface area contributed by atoms with E-state index in [9.17, 15) is 13.3 Å². The molecule has 0 unspecified atom stereocenters. The standard InChI is InChI=1S/C4H9F2O3P/c1-2-3-4(5,6)10(7,8)9/h2-3H2,1H3,(H2,7,8,9). The van der Waals surface area contributed by atoms with Gasteiger partial charge in [-0.25, -0.2) is 0 Å². The molecule has 0 atom stereocenters. The first kappa shape index (κ1) is 10.0. The van der Waals surface area contributed by atoms with Crippen molar-refractivity contribution in [1.82, 2.24) is 0 Å². The van der Waals surface area contributed by atoms with E-state index >= 15 is 0 Å². The quantitative estimate of drug-likeness (QED) is 0.638. The molecule has 0 aromatic rings. The van der Waals surface area contributed by atoms with Gasteiger partial charge in [-0.2, -0.15) is 8.78 Å². The zero-order valence-corrected chi connectivity index (χ0v) is 6.31. The van der Waals surface area contributed by atoms with Crippen molar-refractivity contribution in [1.29, 1.82) is 0 Å². The van der Waals surface area contributed by atoms with Crippen LogP contribution < -0.4 is 0 Å². The van der Waals surface area contributed by atoms with E-state index in [0.29, 0.717) is 0 Å². The molecule has 0 rings (SSSR count). The van der Waals surface area contributed by atoms with Gasteiger partial charge in [-0.05, 0) is 6.42 Å². The molecule has 2 N–H and O–H groups in total. The highest BCUT2D eigenvalue weighted by atomic mass is 31.2. The second-order valence-corrected chi connectivity index (χ2v) is 3.70. The molecule has 0 bridgehead atoms. The van der Waals surface area contributed by atoms with Gasteiger partial charge < -0.3 is 9.79 Å². The molecule has 0 aromatic heterocycles. The number of halogens is 2. The lowest BCUT2D eigenvalue weighted by atomic mass is 10.3. The van der Waals surface area contributed by atoms with E-state index in [1.165, 1.54) is 6.92 Å². The second kappa shape index (κ2) is 2.95. The highest BCUT2D eigenvalue weighted by Crippen LogP contribution is 2.54. The Bertz CT molecular complexity index is 153. The van der Waals surface area contributed by atoms with Gasteiger partial charge >= 0.3 is 13.3 Å². The maximum Gasteiger partial charge on any atom is 0.394 e. The summed E-state index contributed by atoms with van der Waals surface area (Å²) in [6, 6.07) is 0. The number of hydrogen-bond acceptors (Lipinski definition) is 1. The van der Waals surface area contributed by atoms with Crippen LogP contribution in [0, 0.1) is 0 Å². The van der Waals surface area contributed by atoms with Gasteiger partial charge in [-0.3, -0.25) is 4.57 Å². The summed E-state index contributed by atoms with van der Waals surface area (Å²) >= 11 is 0. The van der Waals surface area contributed by atoms with Gasteiger partial charge in [0.25, 0.3) is 0 Å². The Morgan fingerprint density at radius 3 is 2.00 bits per heavy atom. The fourth-order valence-corrected chi connectivity index (χ4v) is 0.961. The molecular formula is C4H9F2O3P. The van der Waals surface area contributed by atoms with E-state index < -0.39 is 19.7 Å². The van der Waals surface area contributed by atoms with E-state index in [1.807, 2.05) is 0 Å². The third-order valence-electron chi connectivity index (χ3n) is 0.977. The first-order chi connectivity index (χ1) is 4.31. The second-order valence-electron chi connectivity index (χ2n) is 1.96. The number of rotatable bonds is 3. The molecule has 0 aliphatic heterocycles. The molecule has 0 aromatic carbocycles.